The van der Waals surface area contributed by atoms with Gasteiger partial charge in [-0.2, -0.15) is 31.4 Å². The molecule has 2 aromatic heterocycles. The fourth-order valence-electron chi connectivity index (χ4n) is 3.98. The molecule has 0 radical (unpaired) electrons. The van der Waals surface area contributed by atoms with Crippen molar-refractivity contribution >= 4 is 23.9 Å². The number of fused-ring (bicyclic) bond motifs is 1. The summed E-state index contributed by atoms with van der Waals surface area (Å²) in [7, 11) is 0. The van der Waals surface area contributed by atoms with E-state index in [0.29, 0.717) is 32.7 Å². The van der Waals surface area contributed by atoms with E-state index in [0.717, 1.165) is 42.5 Å². The van der Waals surface area contributed by atoms with Gasteiger partial charge < -0.3 is 14.7 Å². The number of carbonyl (C=O) groups is 1. The van der Waals surface area contributed by atoms with E-state index < -0.39 is 29.0 Å². The van der Waals surface area contributed by atoms with Gasteiger partial charge in [0.25, 0.3) is 5.56 Å². The second-order valence-corrected chi connectivity index (χ2v) is 8.39. The number of aromatic amines is 1. The van der Waals surface area contributed by atoms with E-state index in [1.165, 1.54) is 0 Å². The summed E-state index contributed by atoms with van der Waals surface area (Å²) in [6.07, 6.45) is -6.08. The lowest BCUT2D eigenvalue weighted by atomic mass is 10.2. The van der Waals surface area contributed by atoms with Crippen LogP contribution in [0.1, 0.15) is 16.7 Å². The predicted molar refractivity (Wildman–Crippen MR) is 124 cm³/mol. The Morgan fingerprint density at radius 1 is 0.895 bits per heavy atom. The van der Waals surface area contributed by atoms with Crippen LogP contribution in [0.15, 0.2) is 47.5 Å². The molecule has 0 saturated carbocycles. The summed E-state index contributed by atoms with van der Waals surface area (Å²) in [5.74, 6) is 0.357. The van der Waals surface area contributed by atoms with E-state index in [1.807, 2.05) is 29.4 Å². The molecule has 1 N–H and O–H groups in total. The van der Waals surface area contributed by atoms with Gasteiger partial charge in [0.2, 0.25) is 12.4 Å². The van der Waals surface area contributed by atoms with E-state index in [1.54, 1.807) is 14.7 Å². The number of aromatic nitrogens is 4. The van der Waals surface area contributed by atoms with Crippen molar-refractivity contribution < 1.29 is 31.1 Å². The smallest absolute Gasteiger partial charge is 0.342 e. The van der Waals surface area contributed by atoms with Crippen LogP contribution in [0.5, 0.6) is 0 Å². The molecule has 9 nitrogen and oxygen atoms in total. The summed E-state index contributed by atoms with van der Waals surface area (Å²) in [6, 6.07) is 8.23. The molecule has 202 valence electrons. The Bertz CT molecular complexity index is 1320. The average Bonchev–Trinajstić information content (AvgIpc) is 3.33. The maximum Gasteiger partial charge on any atom is 0.421 e. The number of benzene rings is 1. The van der Waals surface area contributed by atoms with E-state index in [-0.39, 0.29) is 11.8 Å². The van der Waals surface area contributed by atoms with Gasteiger partial charge in [-0.15, -0.1) is 0 Å². The number of piperazine rings is 1. The summed E-state index contributed by atoms with van der Waals surface area (Å²) in [6.45, 7) is 2.62. The molecule has 1 aromatic carbocycles. The molecule has 1 amide bonds. The first-order valence-electron chi connectivity index (χ1n) is 11.3. The number of para-hydroxylation sites is 1. The summed E-state index contributed by atoms with van der Waals surface area (Å²) >= 11 is 0. The number of nitrogens with zero attached hydrogens (tertiary/aromatic N) is 6. The molecule has 0 bridgehead atoms. The third kappa shape index (κ3) is 6.03. The minimum Gasteiger partial charge on any atom is -0.342 e. The lowest BCUT2D eigenvalue weighted by Gasteiger charge is -2.32. The Morgan fingerprint density at radius 3 is 2.16 bits per heavy atom. The fraction of sp³-hybridized carbons (Fsp3) is 0.348. The molecule has 0 spiro atoms. The van der Waals surface area contributed by atoms with Crippen LogP contribution in [0.25, 0.3) is 0 Å². The van der Waals surface area contributed by atoms with Crippen molar-refractivity contribution in [3.63, 3.8) is 0 Å². The highest BCUT2D eigenvalue weighted by molar-refractivity contribution is 5.67. The molecule has 4 heterocycles. The Hall–Kier alpha value is -4.17. The van der Waals surface area contributed by atoms with Crippen LogP contribution in [0.4, 0.5) is 43.8 Å². The number of rotatable bonds is 3. The van der Waals surface area contributed by atoms with Gasteiger partial charge in [-0.05, 0) is 18.1 Å². The van der Waals surface area contributed by atoms with Crippen LogP contribution >= 0.6 is 0 Å². The number of nitrogens with one attached hydrogen (secondary N) is 1. The number of carbonyl (C=O) groups excluding carboxylic acids is 1. The summed E-state index contributed by atoms with van der Waals surface area (Å²) in [5.41, 5.74) is -1.45. The highest BCUT2D eigenvalue weighted by Gasteiger charge is 2.35. The average molecular weight is 541 g/mol. The molecule has 15 heteroatoms. The van der Waals surface area contributed by atoms with E-state index in [4.69, 9.17) is 0 Å². The number of alkyl halides is 6. The number of hydrogen-bond donors (Lipinski definition) is 1. The van der Waals surface area contributed by atoms with Gasteiger partial charge in [-0.3, -0.25) is 9.59 Å². The Balaban J connectivity index is 0.000000178. The molecule has 2 aliphatic rings. The highest BCUT2D eigenvalue weighted by atomic mass is 19.4. The number of anilines is 3. The molecule has 5 rings (SSSR count). The monoisotopic (exact) mass is 541 g/mol. The maximum atomic E-state index is 12.7. The second-order valence-electron chi connectivity index (χ2n) is 8.39. The standard InChI is InChI=1S/C13H10F3N3O.C10H11F3N4O/c14-13(15,16)9-7-11(17-18-12(9)20)19-6-5-8-3-1-2-4-10(8)19;11-10(12,13)8-5-14-9(15-6-8)17-3-1-16(7-18)2-4-17/h1-4,7H,5-6H2,(H,18,20);5-7H,1-4H2. The first-order valence-corrected chi connectivity index (χ1v) is 11.3. The fourth-order valence-corrected chi connectivity index (χ4v) is 3.98. The SMILES string of the molecule is O=CN1CCN(c2ncc(C(F)(F)F)cn2)CC1.O=c1[nH]nc(N2CCc3ccccc32)cc1C(F)(F)F. The van der Waals surface area contributed by atoms with E-state index in [2.05, 4.69) is 15.1 Å². The largest absolute Gasteiger partial charge is 0.421 e. The van der Waals surface area contributed by atoms with Crippen LogP contribution in [-0.4, -0.2) is 64.2 Å². The van der Waals surface area contributed by atoms with E-state index >= 15 is 0 Å². The van der Waals surface area contributed by atoms with Gasteiger partial charge in [0.1, 0.15) is 5.56 Å². The van der Waals surface area contributed by atoms with Crippen LogP contribution < -0.4 is 15.4 Å². The molecule has 0 aliphatic carbocycles. The van der Waals surface area contributed by atoms with Crippen molar-refractivity contribution in [2.45, 2.75) is 18.8 Å². The summed E-state index contributed by atoms with van der Waals surface area (Å²) < 4.78 is 75.2. The normalized spacial score (nSPS) is 15.6. The molecular formula is C23H21F6N7O2. The second kappa shape index (κ2) is 10.7. The van der Waals surface area contributed by atoms with Crippen molar-refractivity contribution in [2.24, 2.45) is 0 Å². The zero-order chi connectivity index (χ0) is 27.5. The lowest BCUT2D eigenvalue weighted by molar-refractivity contribution is -0.139. The molecule has 0 unspecified atom stereocenters. The van der Waals surface area contributed by atoms with E-state index in [9.17, 15) is 35.9 Å². The maximum absolute atomic E-state index is 12.7. The number of H-pyrrole nitrogens is 1. The lowest BCUT2D eigenvalue weighted by Crippen LogP contribution is -2.46. The first-order chi connectivity index (χ1) is 18.0. The van der Waals surface area contributed by atoms with Crippen molar-refractivity contribution in [3.8, 4) is 0 Å². The van der Waals surface area contributed by atoms with Gasteiger partial charge in [0.15, 0.2) is 5.82 Å². The minimum absolute atomic E-state index is 0.0990. The number of amides is 1. The first kappa shape index (κ1) is 26.9. The molecular weight excluding hydrogens is 520 g/mol. The topological polar surface area (TPSA) is 98.3 Å². The Labute approximate surface area is 211 Å². The van der Waals surface area contributed by atoms with Gasteiger partial charge in [-0.25, -0.2) is 15.1 Å². The summed E-state index contributed by atoms with van der Waals surface area (Å²) in [5, 5.41) is 5.64. The van der Waals surface area contributed by atoms with Crippen molar-refractivity contribution in [2.75, 3.05) is 42.5 Å². The zero-order valence-corrected chi connectivity index (χ0v) is 19.6. The molecule has 38 heavy (non-hydrogen) atoms. The number of hydrogen-bond acceptors (Lipinski definition) is 7. The van der Waals surface area contributed by atoms with Crippen LogP contribution in [0.3, 0.4) is 0 Å². The third-order valence-electron chi connectivity index (χ3n) is 5.97. The van der Waals surface area contributed by atoms with Gasteiger partial charge in [0.05, 0.1) is 5.56 Å². The van der Waals surface area contributed by atoms with Crippen LogP contribution in [0, 0.1) is 0 Å². The quantitative estimate of drug-likeness (QED) is 0.402. The number of halogens is 6. The molecule has 0 atom stereocenters. The summed E-state index contributed by atoms with van der Waals surface area (Å²) in [4.78, 5) is 34.2. The molecule has 3 aromatic rings. The van der Waals surface area contributed by atoms with Gasteiger partial charge in [-0.1, -0.05) is 18.2 Å². The molecule has 2 aliphatic heterocycles. The Morgan fingerprint density at radius 2 is 1.55 bits per heavy atom. The third-order valence-corrected chi connectivity index (χ3v) is 5.97. The predicted octanol–water partition coefficient (Wildman–Crippen LogP) is 3.26. The minimum atomic E-state index is -4.69. The molecule has 1 saturated heterocycles. The zero-order valence-electron chi connectivity index (χ0n) is 19.6. The Kier molecular flexibility index (Phi) is 7.55. The van der Waals surface area contributed by atoms with Gasteiger partial charge in [0, 0.05) is 56.9 Å². The van der Waals surface area contributed by atoms with Crippen LogP contribution in [-0.2, 0) is 23.6 Å². The van der Waals surface area contributed by atoms with Crippen molar-refractivity contribution in [1.29, 1.82) is 0 Å². The molecule has 1 fully saturated rings. The van der Waals surface area contributed by atoms with Gasteiger partial charge >= 0.3 is 12.4 Å². The highest BCUT2D eigenvalue weighted by Crippen LogP contribution is 2.35. The van der Waals surface area contributed by atoms with Crippen LogP contribution in [0.2, 0.25) is 0 Å². The van der Waals surface area contributed by atoms with Crippen molar-refractivity contribution in [1.82, 2.24) is 25.1 Å². The van der Waals surface area contributed by atoms with Crippen molar-refractivity contribution in [3.05, 3.63) is 69.8 Å².